The zero-order valence-electron chi connectivity index (χ0n) is 10.5. The SMILES string of the molecule is CCNc1ccc(Cl)cc1C(=O)NCC(F)(F)C(F)F. The summed E-state index contributed by atoms with van der Waals surface area (Å²) in [5, 5.41) is 4.86. The first-order valence-electron chi connectivity index (χ1n) is 5.75. The van der Waals surface area contributed by atoms with Crippen LogP contribution < -0.4 is 10.6 Å². The van der Waals surface area contributed by atoms with E-state index in [0.29, 0.717) is 12.2 Å². The van der Waals surface area contributed by atoms with Gasteiger partial charge in [-0.3, -0.25) is 4.79 Å². The molecule has 0 saturated carbocycles. The number of hydrogen-bond acceptors (Lipinski definition) is 2. The molecule has 0 bridgehead atoms. The molecule has 0 unspecified atom stereocenters. The molecule has 2 N–H and O–H groups in total. The van der Waals surface area contributed by atoms with Crippen LogP contribution in [0, 0.1) is 0 Å². The Kier molecular flexibility index (Phi) is 5.62. The lowest BCUT2D eigenvalue weighted by Crippen LogP contribution is -2.41. The number of anilines is 1. The number of rotatable bonds is 6. The van der Waals surface area contributed by atoms with Crippen LogP contribution in [0.4, 0.5) is 23.2 Å². The van der Waals surface area contributed by atoms with Gasteiger partial charge in [0.25, 0.3) is 5.91 Å². The number of nitrogens with one attached hydrogen (secondary N) is 2. The van der Waals surface area contributed by atoms with Crippen molar-refractivity contribution >= 4 is 23.2 Å². The summed E-state index contributed by atoms with van der Waals surface area (Å²) in [6.45, 7) is 0.831. The van der Waals surface area contributed by atoms with Crippen LogP contribution >= 0.6 is 11.6 Å². The van der Waals surface area contributed by atoms with Crippen molar-refractivity contribution in [3.8, 4) is 0 Å². The summed E-state index contributed by atoms with van der Waals surface area (Å²) in [5.41, 5.74) is 0.402. The fourth-order valence-electron chi connectivity index (χ4n) is 1.42. The molecule has 0 radical (unpaired) electrons. The van der Waals surface area contributed by atoms with E-state index >= 15 is 0 Å². The Morgan fingerprint density at radius 2 is 2.05 bits per heavy atom. The minimum absolute atomic E-state index is 0.0180. The van der Waals surface area contributed by atoms with E-state index < -0.39 is 24.8 Å². The molecule has 0 fully saturated rings. The summed E-state index contributed by atoms with van der Waals surface area (Å²) in [4.78, 5) is 11.8. The number of alkyl halides is 4. The molecule has 0 aromatic heterocycles. The zero-order chi connectivity index (χ0) is 15.3. The van der Waals surface area contributed by atoms with E-state index in [1.807, 2.05) is 0 Å². The van der Waals surface area contributed by atoms with Crippen molar-refractivity contribution in [2.75, 3.05) is 18.4 Å². The van der Waals surface area contributed by atoms with Crippen LogP contribution in [0.1, 0.15) is 17.3 Å². The van der Waals surface area contributed by atoms with Crippen molar-refractivity contribution in [1.29, 1.82) is 0 Å². The lowest BCUT2D eigenvalue weighted by atomic mass is 10.1. The van der Waals surface area contributed by atoms with Gasteiger partial charge in [0.1, 0.15) is 0 Å². The lowest BCUT2D eigenvalue weighted by molar-refractivity contribution is -0.123. The van der Waals surface area contributed by atoms with Crippen LogP contribution in [0.3, 0.4) is 0 Å². The molecule has 1 aromatic carbocycles. The van der Waals surface area contributed by atoms with Crippen LogP contribution in [0.5, 0.6) is 0 Å². The van der Waals surface area contributed by atoms with Gasteiger partial charge in [0.05, 0.1) is 12.1 Å². The number of halogens is 5. The van der Waals surface area contributed by atoms with Crippen molar-refractivity contribution < 1.29 is 22.4 Å². The maximum absolute atomic E-state index is 12.7. The summed E-state index contributed by atoms with van der Waals surface area (Å²) >= 11 is 5.73. The molecule has 1 amide bonds. The molecule has 112 valence electrons. The van der Waals surface area contributed by atoms with Gasteiger partial charge in [-0.15, -0.1) is 0 Å². The quantitative estimate of drug-likeness (QED) is 0.790. The molecular formula is C12H13ClF4N2O. The van der Waals surface area contributed by atoms with Crippen LogP contribution in [-0.2, 0) is 0 Å². The Morgan fingerprint density at radius 1 is 1.40 bits per heavy atom. The first kappa shape index (κ1) is 16.6. The Labute approximate surface area is 118 Å². The van der Waals surface area contributed by atoms with E-state index in [9.17, 15) is 22.4 Å². The number of amides is 1. The normalized spacial score (nSPS) is 11.6. The highest BCUT2D eigenvalue weighted by atomic mass is 35.5. The van der Waals surface area contributed by atoms with Crippen LogP contribution in [0.2, 0.25) is 5.02 Å². The maximum Gasteiger partial charge on any atom is 0.324 e. The third kappa shape index (κ3) is 4.26. The molecule has 0 aliphatic carbocycles. The Morgan fingerprint density at radius 3 is 2.60 bits per heavy atom. The van der Waals surface area contributed by atoms with Crippen molar-refractivity contribution in [3.05, 3.63) is 28.8 Å². The summed E-state index contributed by atoms with van der Waals surface area (Å²) in [6, 6.07) is 4.30. The van der Waals surface area contributed by atoms with Crippen LogP contribution in [0.25, 0.3) is 0 Å². The van der Waals surface area contributed by atoms with Crippen molar-refractivity contribution in [3.63, 3.8) is 0 Å². The first-order chi connectivity index (χ1) is 9.27. The molecule has 0 aliphatic rings. The van der Waals surface area contributed by atoms with E-state index in [2.05, 4.69) is 5.32 Å². The number of benzene rings is 1. The fourth-order valence-corrected chi connectivity index (χ4v) is 1.59. The van der Waals surface area contributed by atoms with Gasteiger partial charge in [-0.1, -0.05) is 11.6 Å². The van der Waals surface area contributed by atoms with Gasteiger partial charge in [0, 0.05) is 17.3 Å². The van der Waals surface area contributed by atoms with Gasteiger partial charge in [-0.2, -0.15) is 8.78 Å². The maximum atomic E-state index is 12.7. The van der Waals surface area contributed by atoms with E-state index in [1.165, 1.54) is 18.2 Å². The van der Waals surface area contributed by atoms with Gasteiger partial charge in [-0.05, 0) is 25.1 Å². The average Bonchev–Trinajstić information content (AvgIpc) is 2.38. The molecule has 0 heterocycles. The Hall–Kier alpha value is -1.50. The zero-order valence-corrected chi connectivity index (χ0v) is 11.3. The van der Waals surface area contributed by atoms with Gasteiger partial charge in [0.2, 0.25) is 0 Å². The minimum Gasteiger partial charge on any atom is -0.385 e. The Bertz CT molecular complexity index is 483. The predicted octanol–water partition coefficient (Wildman–Crippen LogP) is 3.40. The average molecular weight is 313 g/mol. The second-order valence-electron chi connectivity index (χ2n) is 3.96. The van der Waals surface area contributed by atoms with E-state index in [0.717, 1.165) is 0 Å². The monoisotopic (exact) mass is 312 g/mol. The van der Waals surface area contributed by atoms with Gasteiger partial charge < -0.3 is 10.6 Å². The van der Waals surface area contributed by atoms with Gasteiger partial charge in [0.15, 0.2) is 0 Å². The van der Waals surface area contributed by atoms with Crippen LogP contribution in [-0.4, -0.2) is 31.3 Å². The molecule has 8 heteroatoms. The van der Waals surface area contributed by atoms with Gasteiger partial charge in [-0.25, -0.2) is 8.78 Å². The molecule has 20 heavy (non-hydrogen) atoms. The fraction of sp³-hybridized carbons (Fsp3) is 0.417. The summed E-state index contributed by atoms with van der Waals surface area (Å²) in [7, 11) is 0. The standard InChI is InChI=1S/C12H13ClF4N2O/c1-2-18-9-4-3-7(13)5-8(9)10(20)19-6-12(16,17)11(14)15/h3-5,11,18H,2,6H2,1H3,(H,19,20). The highest BCUT2D eigenvalue weighted by molar-refractivity contribution is 6.31. The smallest absolute Gasteiger partial charge is 0.324 e. The number of hydrogen-bond donors (Lipinski definition) is 2. The first-order valence-corrected chi connectivity index (χ1v) is 6.13. The Balaban J connectivity index is 2.84. The molecular weight excluding hydrogens is 300 g/mol. The molecule has 0 atom stereocenters. The van der Waals surface area contributed by atoms with Crippen molar-refractivity contribution in [1.82, 2.24) is 5.32 Å². The molecule has 0 saturated heterocycles. The van der Waals surface area contributed by atoms with E-state index in [1.54, 1.807) is 12.2 Å². The molecule has 0 spiro atoms. The second-order valence-corrected chi connectivity index (χ2v) is 4.40. The largest absolute Gasteiger partial charge is 0.385 e. The van der Waals surface area contributed by atoms with Gasteiger partial charge >= 0.3 is 12.3 Å². The van der Waals surface area contributed by atoms with Crippen molar-refractivity contribution in [2.45, 2.75) is 19.3 Å². The van der Waals surface area contributed by atoms with E-state index in [-0.39, 0.29) is 10.6 Å². The topological polar surface area (TPSA) is 41.1 Å². The number of carbonyl (C=O) groups is 1. The summed E-state index contributed by atoms with van der Waals surface area (Å²) in [6.07, 6.45) is -3.84. The van der Waals surface area contributed by atoms with Crippen molar-refractivity contribution in [2.24, 2.45) is 0 Å². The lowest BCUT2D eigenvalue weighted by Gasteiger charge is -2.17. The minimum atomic E-state index is -4.27. The molecule has 1 aromatic rings. The molecule has 3 nitrogen and oxygen atoms in total. The molecule has 1 rings (SSSR count). The predicted molar refractivity (Wildman–Crippen MR) is 68.9 cm³/mol. The highest BCUT2D eigenvalue weighted by Gasteiger charge is 2.40. The van der Waals surface area contributed by atoms with E-state index in [4.69, 9.17) is 11.6 Å². The summed E-state index contributed by atoms with van der Waals surface area (Å²) < 4.78 is 49.5. The van der Waals surface area contributed by atoms with Crippen LogP contribution in [0.15, 0.2) is 18.2 Å². The highest BCUT2D eigenvalue weighted by Crippen LogP contribution is 2.23. The number of carbonyl (C=O) groups excluding carboxylic acids is 1. The molecule has 0 aliphatic heterocycles. The second kappa shape index (κ2) is 6.78. The third-order valence-electron chi connectivity index (χ3n) is 2.40. The third-order valence-corrected chi connectivity index (χ3v) is 2.63. The summed E-state index contributed by atoms with van der Waals surface area (Å²) in [5.74, 6) is -5.17.